The average Bonchev–Trinajstić information content (AvgIpc) is 2.74. The number of hydrogen-bond acceptors (Lipinski definition) is 1. The fourth-order valence-electron chi connectivity index (χ4n) is 3.48. The Morgan fingerprint density at radius 1 is 1.30 bits per heavy atom. The number of benzene rings is 1. The third-order valence-electron chi connectivity index (χ3n) is 4.26. The van der Waals surface area contributed by atoms with E-state index in [1.807, 2.05) is 4.90 Å². The molecule has 0 spiro atoms. The van der Waals surface area contributed by atoms with Gasteiger partial charge in [-0.1, -0.05) is 39.0 Å². The summed E-state index contributed by atoms with van der Waals surface area (Å²) >= 11 is 0. The molecule has 3 heteroatoms. The molecule has 20 heavy (non-hydrogen) atoms. The molecule has 2 aromatic rings. The number of H-pyrrole nitrogens is 1. The van der Waals surface area contributed by atoms with Crippen molar-refractivity contribution in [3.8, 4) is 0 Å². The molecule has 0 saturated carbocycles. The van der Waals surface area contributed by atoms with Crippen molar-refractivity contribution in [2.75, 3.05) is 6.54 Å². The summed E-state index contributed by atoms with van der Waals surface area (Å²) in [6.45, 7) is 9.09. The van der Waals surface area contributed by atoms with E-state index in [0.717, 1.165) is 13.0 Å². The van der Waals surface area contributed by atoms with Gasteiger partial charge < -0.3 is 9.88 Å². The summed E-state index contributed by atoms with van der Waals surface area (Å²) in [6.07, 6.45) is 0.936. The van der Waals surface area contributed by atoms with Gasteiger partial charge in [0.2, 0.25) is 5.91 Å². The molecule has 1 N–H and O–H groups in total. The van der Waals surface area contributed by atoms with E-state index in [2.05, 4.69) is 50.0 Å². The Kier molecular flexibility index (Phi) is 2.89. The molecule has 3 nitrogen and oxygen atoms in total. The van der Waals surface area contributed by atoms with Crippen LogP contribution >= 0.6 is 0 Å². The molecule has 0 fully saturated rings. The zero-order chi connectivity index (χ0) is 14.5. The van der Waals surface area contributed by atoms with Gasteiger partial charge in [0.25, 0.3) is 0 Å². The fraction of sp³-hybridized carbons (Fsp3) is 0.471. The van der Waals surface area contributed by atoms with Gasteiger partial charge in [0.15, 0.2) is 0 Å². The van der Waals surface area contributed by atoms with Gasteiger partial charge >= 0.3 is 0 Å². The van der Waals surface area contributed by atoms with Gasteiger partial charge in [0, 0.05) is 30.1 Å². The van der Waals surface area contributed by atoms with Crippen molar-refractivity contribution in [3.05, 3.63) is 35.5 Å². The molecular weight excluding hydrogens is 248 g/mol. The van der Waals surface area contributed by atoms with Crippen LogP contribution in [0, 0.1) is 5.41 Å². The molecule has 0 unspecified atom stereocenters. The highest BCUT2D eigenvalue weighted by Gasteiger charge is 2.39. The van der Waals surface area contributed by atoms with Gasteiger partial charge in [-0.3, -0.25) is 4.79 Å². The SMILES string of the molecule is CC(=O)N1CCc2c([nH]c3ccccc23)[C@@H]1C(C)(C)C. The Bertz CT molecular complexity index is 663. The summed E-state index contributed by atoms with van der Waals surface area (Å²) in [7, 11) is 0. The van der Waals surface area contributed by atoms with Crippen molar-refractivity contribution >= 4 is 16.8 Å². The molecule has 3 rings (SSSR count). The van der Waals surface area contributed by atoms with Gasteiger partial charge in [0.1, 0.15) is 0 Å². The van der Waals surface area contributed by atoms with Crippen LogP contribution in [0.3, 0.4) is 0 Å². The van der Waals surface area contributed by atoms with E-state index < -0.39 is 0 Å². The normalized spacial score (nSPS) is 19.2. The highest BCUT2D eigenvalue weighted by atomic mass is 16.2. The smallest absolute Gasteiger partial charge is 0.220 e. The molecular formula is C17H22N2O. The Balaban J connectivity index is 2.22. The third-order valence-corrected chi connectivity index (χ3v) is 4.26. The number of nitrogens with zero attached hydrogens (tertiary/aromatic N) is 1. The highest BCUT2D eigenvalue weighted by molar-refractivity contribution is 5.86. The average molecular weight is 270 g/mol. The number of aromatic amines is 1. The number of aromatic nitrogens is 1. The molecule has 1 aliphatic heterocycles. The highest BCUT2D eigenvalue weighted by Crippen LogP contribution is 2.43. The molecule has 1 amide bonds. The third kappa shape index (κ3) is 1.92. The number of hydrogen-bond donors (Lipinski definition) is 1. The van der Waals surface area contributed by atoms with E-state index >= 15 is 0 Å². The summed E-state index contributed by atoms with van der Waals surface area (Å²) in [5.41, 5.74) is 3.80. The van der Waals surface area contributed by atoms with E-state index in [9.17, 15) is 4.79 Å². The van der Waals surface area contributed by atoms with E-state index in [-0.39, 0.29) is 17.4 Å². The maximum absolute atomic E-state index is 12.0. The molecule has 0 radical (unpaired) electrons. The first-order valence-electron chi connectivity index (χ1n) is 7.26. The maximum Gasteiger partial charge on any atom is 0.220 e. The van der Waals surface area contributed by atoms with Gasteiger partial charge in [-0.05, 0) is 23.5 Å². The summed E-state index contributed by atoms with van der Waals surface area (Å²) < 4.78 is 0. The van der Waals surface area contributed by atoms with Gasteiger partial charge in [0.05, 0.1) is 6.04 Å². The molecule has 2 heterocycles. The quantitative estimate of drug-likeness (QED) is 0.779. The van der Waals surface area contributed by atoms with Gasteiger partial charge in [-0.25, -0.2) is 0 Å². The fourth-order valence-corrected chi connectivity index (χ4v) is 3.48. The van der Waals surface area contributed by atoms with Crippen LogP contribution in [0.15, 0.2) is 24.3 Å². The summed E-state index contributed by atoms with van der Waals surface area (Å²) in [6, 6.07) is 8.55. The lowest BCUT2D eigenvalue weighted by atomic mass is 9.79. The van der Waals surface area contributed by atoms with Crippen LogP contribution in [0.5, 0.6) is 0 Å². The minimum atomic E-state index is 0.0156. The Hall–Kier alpha value is -1.77. The number of carbonyl (C=O) groups is 1. The Morgan fingerprint density at radius 3 is 2.65 bits per heavy atom. The second-order valence-electron chi connectivity index (χ2n) is 6.79. The topological polar surface area (TPSA) is 36.1 Å². The monoisotopic (exact) mass is 270 g/mol. The predicted octanol–water partition coefficient (Wildman–Crippen LogP) is 3.66. The Morgan fingerprint density at radius 2 is 2.00 bits per heavy atom. The first kappa shape index (κ1) is 13.2. The van der Waals surface area contributed by atoms with Crippen molar-refractivity contribution < 1.29 is 4.79 Å². The predicted molar refractivity (Wildman–Crippen MR) is 81.6 cm³/mol. The molecule has 0 aliphatic carbocycles. The van der Waals surface area contributed by atoms with E-state index in [4.69, 9.17) is 0 Å². The van der Waals surface area contributed by atoms with E-state index in [1.54, 1.807) is 6.92 Å². The zero-order valence-corrected chi connectivity index (χ0v) is 12.7. The lowest BCUT2D eigenvalue weighted by Crippen LogP contribution is -2.44. The second-order valence-corrected chi connectivity index (χ2v) is 6.79. The summed E-state index contributed by atoms with van der Waals surface area (Å²) in [4.78, 5) is 17.6. The minimum Gasteiger partial charge on any atom is -0.356 e. The van der Waals surface area contributed by atoms with Crippen molar-refractivity contribution in [1.29, 1.82) is 0 Å². The van der Waals surface area contributed by atoms with Gasteiger partial charge in [-0.15, -0.1) is 0 Å². The molecule has 1 atom stereocenters. The van der Waals surface area contributed by atoms with Crippen molar-refractivity contribution in [3.63, 3.8) is 0 Å². The molecule has 0 bridgehead atoms. The van der Waals surface area contributed by atoms with Crippen molar-refractivity contribution in [2.24, 2.45) is 5.41 Å². The summed E-state index contributed by atoms with van der Waals surface area (Å²) in [5.74, 6) is 0.161. The Labute approximate surface area is 120 Å². The van der Waals surface area contributed by atoms with Crippen LogP contribution in [-0.2, 0) is 11.2 Å². The minimum absolute atomic E-state index is 0.0156. The van der Waals surface area contributed by atoms with E-state index in [1.165, 1.54) is 22.2 Å². The molecule has 106 valence electrons. The maximum atomic E-state index is 12.0. The number of fused-ring (bicyclic) bond motifs is 3. The van der Waals surface area contributed by atoms with Crippen LogP contribution in [0.25, 0.3) is 10.9 Å². The molecule has 0 saturated heterocycles. The van der Waals surface area contributed by atoms with Crippen LogP contribution in [0.1, 0.15) is 45.0 Å². The van der Waals surface area contributed by atoms with Crippen molar-refractivity contribution in [2.45, 2.75) is 40.2 Å². The van der Waals surface area contributed by atoms with Crippen LogP contribution in [-0.4, -0.2) is 22.3 Å². The number of carbonyl (C=O) groups excluding carboxylic acids is 1. The van der Waals surface area contributed by atoms with E-state index in [0.29, 0.717) is 0 Å². The first-order valence-corrected chi connectivity index (χ1v) is 7.26. The zero-order valence-electron chi connectivity index (χ0n) is 12.7. The van der Waals surface area contributed by atoms with Crippen LogP contribution in [0.2, 0.25) is 0 Å². The number of para-hydroxylation sites is 1. The standard InChI is InChI=1S/C17H22N2O/c1-11(20)19-10-9-13-12-7-5-6-8-14(12)18-15(13)16(19)17(2,3)4/h5-8,16,18H,9-10H2,1-4H3/t16-/m1/s1. The molecule has 1 aliphatic rings. The lowest BCUT2D eigenvalue weighted by Gasteiger charge is -2.42. The number of nitrogens with one attached hydrogen (secondary N) is 1. The van der Waals surface area contributed by atoms with Crippen molar-refractivity contribution in [1.82, 2.24) is 9.88 Å². The first-order chi connectivity index (χ1) is 9.39. The van der Waals surface area contributed by atoms with Crippen LogP contribution in [0.4, 0.5) is 0 Å². The molecule has 1 aromatic carbocycles. The summed E-state index contributed by atoms with van der Waals surface area (Å²) in [5, 5.41) is 1.31. The number of rotatable bonds is 0. The number of amides is 1. The second kappa shape index (κ2) is 4.37. The lowest BCUT2D eigenvalue weighted by molar-refractivity contribution is -0.134. The largest absolute Gasteiger partial charge is 0.356 e. The molecule has 1 aromatic heterocycles. The van der Waals surface area contributed by atoms with Gasteiger partial charge in [-0.2, -0.15) is 0 Å². The van der Waals surface area contributed by atoms with Crippen LogP contribution < -0.4 is 0 Å².